The number of nitrogens with two attached hydrogens (primary N) is 1. The monoisotopic (exact) mass is 289 g/mol. The van der Waals surface area contributed by atoms with Crippen molar-refractivity contribution in [1.29, 1.82) is 0 Å². The van der Waals surface area contributed by atoms with E-state index in [0.29, 0.717) is 12.3 Å². The third-order valence-corrected chi connectivity index (χ3v) is 6.25. The molecule has 4 heteroatoms. The van der Waals surface area contributed by atoms with Crippen LogP contribution in [0.5, 0.6) is 0 Å². The van der Waals surface area contributed by atoms with Gasteiger partial charge in [0.2, 0.25) is 5.89 Å². The lowest BCUT2D eigenvalue weighted by atomic mass is 9.49. The summed E-state index contributed by atoms with van der Waals surface area (Å²) in [5.41, 5.74) is 6.37. The van der Waals surface area contributed by atoms with E-state index >= 15 is 0 Å². The van der Waals surface area contributed by atoms with Gasteiger partial charge in [0, 0.05) is 17.9 Å². The Morgan fingerprint density at radius 2 is 1.71 bits per heavy atom. The summed E-state index contributed by atoms with van der Waals surface area (Å²) in [6, 6.07) is 0.106. The van der Waals surface area contributed by atoms with E-state index in [-0.39, 0.29) is 11.5 Å². The fourth-order valence-corrected chi connectivity index (χ4v) is 5.38. The van der Waals surface area contributed by atoms with Crippen molar-refractivity contribution in [2.45, 2.75) is 70.3 Å². The van der Waals surface area contributed by atoms with Crippen LogP contribution in [-0.2, 0) is 11.8 Å². The van der Waals surface area contributed by atoms with E-state index in [1.807, 2.05) is 0 Å². The van der Waals surface area contributed by atoms with Crippen LogP contribution >= 0.6 is 0 Å². The number of aromatic nitrogens is 2. The van der Waals surface area contributed by atoms with Crippen LogP contribution in [0.1, 0.15) is 64.1 Å². The highest BCUT2D eigenvalue weighted by molar-refractivity contribution is 5.16. The first-order valence-corrected chi connectivity index (χ1v) is 8.63. The molecule has 4 fully saturated rings. The lowest BCUT2D eigenvalue weighted by molar-refractivity contribution is -0.0103. The summed E-state index contributed by atoms with van der Waals surface area (Å²) in [5, 5.41) is 4.38. The van der Waals surface area contributed by atoms with Crippen molar-refractivity contribution < 1.29 is 4.52 Å². The molecule has 4 nitrogen and oxygen atoms in total. The molecular formula is C17H27N3O. The molecule has 4 aliphatic rings. The Morgan fingerprint density at radius 1 is 1.14 bits per heavy atom. The molecule has 1 aromatic rings. The maximum Gasteiger partial charge on any atom is 0.228 e. The van der Waals surface area contributed by atoms with Crippen molar-refractivity contribution in [2.75, 3.05) is 0 Å². The average molecular weight is 289 g/mol. The second-order valence-electron chi connectivity index (χ2n) is 8.32. The Balaban J connectivity index is 1.55. The van der Waals surface area contributed by atoms with Crippen LogP contribution in [0.3, 0.4) is 0 Å². The molecule has 1 unspecified atom stereocenters. The summed E-state index contributed by atoms with van der Waals surface area (Å²) in [5.74, 6) is 4.91. The van der Waals surface area contributed by atoms with Crippen LogP contribution in [0.25, 0.3) is 0 Å². The zero-order chi connectivity index (χ0) is 14.6. The van der Waals surface area contributed by atoms with Crippen molar-refractivity contribution in [1.82, 2.24) is 10.1 Å². The van der Waals surface area contributed by atoms with Gasteiger partial charge in [-0.1, -0.05) is 19.0 Å². The van der Waals surface area contributed by atoms with E-state index in [4.69, 9.17) is 15.2 Å². The first kappa shape index (κ1) is 13.7. The quantitative estimate of drug-likeness (QED) is 0.925. The lowest BCUT2D eigenvalue weighted by Gasteiger charge is -2.55. The van der Waals surface area contributed by atoms with E-state index in [1.165, 1.54) is 38.5 Å². The van der Waals surface area contributed by atoms with Gasteiger partial charge in [0.15, 0.2) is 5.82 Å². The molecule has 0 aromatic carbocycles. The molecule has 4 saturated carbocycles. The minimum absolute atomic E-state index is 0.106. The Hall–Kier alpha value is -0.900. The predicted octanol–water partition coefficient (Wildman–Crippen LogP) is 3.06. The first-order chi connectivity index (χ1) is 10.0. The lowest BCUT2D eigenvalue weighted by Crippen LogP contribution is -2.49. The molecule has 5 rings (SSSR count). The molecule has 116 valence electrons. The highest BCUT2D eigenvalue weighted by Crippen LogP contribution is 2.60. The average Bonchev–Trinajstić information content (AvgIpc) is 2.86. The highest BCUT2D eigenvalue weighted by atomic mass is 16.5. The van der Waals surface area contributed by atoms with E-state index in [1.54, 1.807) is 0 Å². The van der Waals surface area contributed by atoms with Gasteiger partial charge in [0.05, 0.1) is 0 Å². The Morgan fingerprint density at radius 3 is 2.24 bits per heavy atom. The minimum Gasteiger partial charge on any atom is -0.339 e. The van der Waals surface area contributed by atoms with Crippen LogP contribution in [-0.4, -0.2) is 16.2 Å². The van der Waals surface area contributed by atoms with Gasteiger partial charge < -0.3 is 10.3 Å². The molecular weight excluding hydrogens is 262 g/mol. The first-order valence-electron chi connectivity index (χ1n) is 8.63. The number of hydrogen-bond donors (Lipinski definition) is 1. The van der Waals surface area contributed by atoms with Crippen LogP contribution in [0.2, 0.25) is 0 Å². The Labute approximate surface area is 126 Å². The molecule has 0 saturated heterocycles. The normalized spacial score (nSPS) is 39.1. The second-order valence-corrected chi connectivity index (χ2v) is 8.32. The maximum atomic E-state index is 6.14. The summed E-state index contributed by atoms with van der Waals surface area (Å²) in [6.45, 7) is 4.28. The van der Waals surface area contributed by atoms with Gasteiger partial charge in [-0.05, 0) is 62.2 Å². The molecule has 0 radical (unpaired) electrons. The molecule has 0 amide bonds. The molecule has 21 heavy (non-hydrogen) atoms. The third-order valence-electron chi connectivity index (χ3n) is 6.25. The van der Waals surface area contributed by atoms with Gasteiger partial charge in [0.1, 0.15) is 0 Å². The summed E-state index contributed by atoms with van der Waals surface area (Å²) in [4.78, 5) is 4.76. The van der Waals surface area contributed by atoms with E-state index in [9.17, 15) is 0 Å². The molecule has 4 aliphatic carbocycles. The topological polar surface area (TPSA) is 64.9 Å². The zero-order valence-electron chi connectivity index (χ0n) is 13.2. The third kappa shape index (κ3) is 2.32. The van der Waals surface area contributed by atoms with Gasteiger partial charge in [-0.25, -0.2) is 0 Å². The van der Waals surface area contributed by atoms with Gasteiger partial charge in [-0.15, -0.1) is 0 Å². The molecule has 0 aliphatic heterocycles. The zero-order valence-corrected chi connectivity index (χ0v) is 13.2. The van der Waals surface area contributed by atoms with Gasteiger partial charge >= 0.3 is 0 Å². The molecule has 4 bridgehead atoms. The van der Waals surface area contributed by atoms with Crippen LogP contribution in [0.15, 0.2) is 4.52 Å². The molecule has 0 spiro atoms. The molecule has 1 heterocycles. The summed E-state index contributed by atoms with van der Waals surface area (Å²) in [6.07, 6.45) is 8.90. The second kappa shape index (κ2) is 4.80. The van der Waals surface area contributed by atoms with E-state index in [2.05, 4.69) is 19.0 Å². The standard InChI is InChI=1S/C17H27N3O/c1-10(2)14(18)6-15-19-16(20-21-15)17-7-11-3-12(8-17)5-13(4-11)9-17/h10-14H,3-9,18H2,1-2H3. The fraction of sp³-hybridized carbons (Fsp3) is 0.882. The number of rotatable bonds is 4. The van der Waals surface area contributed by atoms with Crippen LogP contribution in [0.4, 0.5) is 0 Å². The summed E-state index contributed by atoms with van der Waals surface area (Å²) in [7, 11) is 0. The largest absolute Gasteiger partial charge is 0.339 e. The van der Waals surface area contributed by atoms with Crippen LogP contribution in [0, 0.1) is 23.7 Å². The Kier molecular flexibility index (Phi) is 3.14. The van der Waals surface area contributed by atoms with Crippen molar-refractivity contribution in [3.63, 3.8) is 0 Å². The maximum absolute atomic E-state index is 6.14. The van der Waals surface area contributed by atoms with Gasteiger partial charge in [-0.2, -0.15) is 4.98 Å². The minimum atomic E-state index is 0.106. The Bertz CT molecular complexity index is 487. The smallest absolute Gasteiger partial charge is 0.228 e. The molecule has 1 atom stereocenters. The van der Waals surface area contributed by atoms with Crippen molar-refractivity contribution in [2.24, 2.45) is 29.4 Å². The highest BCUT2D eigenvalue weighted by Gasteiger charge is 2.53. The van der Waals surface area contributed by atoms with E-state index < -0.39 is 0 Å². The van der Waals surface area contributed by atoms with Gasteiger partial charge in [0.25, 0.3) is 0 Å². The van der Waals surface area contributed by atoms with Crippen LogP contribution < -0.4 is 5.73 Å². The van der Waals surface area contributed by atoms with Gasteiger partial charge in [-0.3, -0.25) is 0 Å². The number of hydrogen-bond acceptors (Lipinski definition) is 4. The SMILES string of the molecule is CC(C)C(N)Cc1nc(C23CC4CC(CC(C4)C2)C3)no1. The van der Waals surface area contributed by atoms with E-state index in [0.717, 1.165) is 29.5 Å². The fourth-order valence-electron chi connectivity index (χ4n) is 5.38. The summed E-state index contributed by atoms with van der Waals surface area (Å²) < 4.78 is 5.53. The van der Waals surface area contributed by atoms with Crippen molar-refractivity contribution in [3.8, 4) is 0 Å². The number of nitrogens with zero attached hydrogens (tertiary/aromatic N) is 2. The van der Waals surface area contributed by atoms with Crippen molar-refractivity contribution in [3.05, 3.63) is 11.7 Å². The predicted molar refractivity (Wildman–Crippen MR) is 80.7 cm³/mol. The summed E-state index contributed by atoms with van der Waals surface area (Å²) >= 11 is 0. The molecule has 2 N–H and O–H groups in total. The van der Waals surface area contributed by atoms with Crippen molar-refractivity contribution >= 4 is 0 Å². The molecule has 1 aromatic heterocycles.